The molecule has 52 valence electrons. The van der Waals surface area contributed by atoms with Gasteiger partial charge in [-0.25, -0.2) is 0 Å². The van der Waals surface area contributed by atoms with Crippen LogP contribution in [0.1, 0.15) is 25.7 Å². The first-order valence-electron chi connectivity index (χ1n) is 3.67. The average molecular weight is 126 g/mol. The van der Waals surface area contributed by atoms with Crippen molar-refractivity contribution >= 4 is 0 Å². The summed E-state index contributed by atoms with van der Waals surface area (Å²) in [7, 11) is 0. The van der Waals surface area contributed by atoms with Gasteiger partial charge >= 0.3 is 0 Å². The van der Waals surface area contributed by atoms with Crippen LogP contribution in [0.15, 0.2) is 12.7 Å². The van der Waals surface area contributed by atoms with E-state index in [-0.39, 0.29) is 0 Å². The first-order valence-corrected chi connectivity index (χ1v) is 3.67. The van der Waals surface area contributed by atoms with Gasteiger partial charge in [0.15, 0.2) is 0 Å². The topological polar surface area (TPSA) is 9.23 Å². The monoisotopic (exact) mass is 126 g/mol. The van der Waals surface area contributed by atoms with E-state index in [1.54, 1.807) is 0 Å². The van der Waals surface area contributed by atoms with Gasteiger partial charge in [-0.05, 0) is 12.8 Å². The summed E-state index contributed by atoms with van der Waals surface area (Å²) in [6.45, 7) is 4.63. The highest BCUT2D eigenvalue weighted by atomic mass is 16.5. The lowest BCUT2D eigenvalue weighted by atomic mass is 10.1. The molecule has 0 spiro atoms. The minimum atomic E-state index is 0.340. The number of ether oxygens (including phenoxy) is 1. The molecule has 1 heterocycles. The normalized spacial score (nSPS) is 29.1. The molecule has 0 aromatic rings. The van der Waals surface area contributed by atoms with Gasteiger partial charge in [0, 0.05) is 6.61 Å². The SMILES string of the molecule is C=CC1CCCCCO1. The molecule has 1 atom stereocenters. The van der Waals surface area contributed by atoms with Crippen molar-refractivity contribution in [2.45, 2.75) is 31.8 Å². The van der Waals surface area contributed by atoms with Gasteiger partial charge in [-0.15, -0.1) is 6.58 Å². The lowest BCUT2D eigenvalue weighted by molar-refractivity contribution is 0.0919. The van der Waals surface area contributed by atoms with Gasteiger partial charge in [0.1, 0.15) is 0 Å². The van der Waals surface area contributed by atoms with E-state index in [0.29, 0.717) is 6.10 Å². The van der Waals surface area contributed by atoms with Crippen LogP contribution in [0.25, 0.3) is 0 Å². The Hall–Kier alpha value is -0.300. The van der Waals surface area contributed by atoms with E-state index < -0.39 is 0 Å². The van der Waals surface area contributed by atoms with Crippen LogP contribution in [-0.4, -0.2) is 12.7 Å². The molecule has 1 saturated heterocycles. The number of rotatable bonds is 1. The fraction of sp³-hybridized carbons (Fsp3) is 0.750. The minimum Gasteiger partial charge on any atom is -0.374 e. The second-order valence-electron chi connectivity index (χ2n) is 2.49. The van der Waals surface area contributed by atoms with E-state index in [0.717, 1.165) is 6.61 Å². The summed E-state index contributed by atoms with van der Waals surface area (Å²) in [5.74, 6) is 0. The van der Waals surface area contributed by atoms with Crippen LogP contribution in [0.2, 0.25) is 0 Å². The third kappa shape index (κ3) is 2.19. The van der Waals surface area contributed by atoms with Crippen LogP contribution < -0.4 is 0 Å². The van der Waals surface area contributed by atoms with Crippen LogP contribution in [0.3, 0.4) is 0 Å². The second-order valence-corrected chi connectivity index (χ2v) is 2.49. The van der Waals surface area contributed by atoms with Gasteiger partial charge in [-0.1, -0.05) is 18.9 Å². The Morgan fingerprint density at radius 3 is 3.00 bits per heavy atom. The lowest BCUT2D eigenvalue weighted by Gasteiger charge is -2.07. The predicted octanol–water partition coefficient (Wildman–Crippen LogP) is 2.13. The summed E-state index contributed by atoms with van der Waals surface area (Å²) in [6.07, 6.45) is 7.27. The molecule has 0 amide bonds. The zero-order valence-corrected chi connectivity index (χ0v) is 5.81. The zero-order valence-electron chi connectivity index (χ0n) is 5.81. The third-order valence-corrected chi connectivity index (χ3v) is 1.73. The van der Waals surface area contributed by atoms with Gasteiger partial charge in [0.05, 0.1) is 6.10 Å². The third-order valence-electron chi connectivity index (χ3n) is 1.73. The highest BCUT2D eigenvalue weighted by Gasteiger charge is 2.06. The molecule has 9 heavy (non-hydrogen) atoms. The summed E-state index contributed by atoms with van der Waals surface area (Å²) < 4.78 is 5.43. The van der Waals surface area contributed by atoms with Crippen molar-refractivity contribution < 1.29 is 4.74 Å². The first-order chi connectivity index (χ1) is 4.43. The molecule has 0 radical (unpaired) electrons. The zero-order chi connectivity index (χ0) is 6.53. The van der Waals surface area contributed by atoms with Crippen molar-refractivity contribution in [3.63, 3.8) is 0 Å². The van der Waals surface area contributed by atoms with Crippen LogP contribution in [-0.2, 0) is 4.74 Å². The Labute approximate surface area is 56.7 Å². The maximum absolute atomic E-state index is 5.43. The smallest absolute Gasteiger partial charge is 0.0753 e. The highest BCUT2D eigenvalue weighted by Crippen LogP contribution is 2.12. The Morgan fingerprint density at radius 2 is 2.22 bits per heavy atom. The van der Waals surface area contributed by atoms with E-state index in [2.05, 4.69) is 6.58 Å². The molecule has 1 aliphatic rings. The summed E-state index contributed by atoms with van der Waals surface area (Å²) in [6, 6.07) is 0. The maximum atomic E-state index is 5.43. The van der Waals surface area contributed by atoms with Crippen molar-refractivity contribution in [1.29, 1.82) is 0 Å². The molecule has 0 aliphatic carbocycles. The summed E-state index contributed by atoms with van der Waals surface area (Å²) in [5.41, 5.74) is 0. The second kappa shape index (κ2) is 3.67. The molecule has 0 aromatic carbocycles. The number of hydrogen-bond acceptors (Lipinski definition) is 1. The molecular weight excluding hydrogens is 112 g/mol. The van der Waals surface area contributed by atoms with Gasteiger partial charge in [-0.2, -0.15) is 0 Å². The van der Waals surface area contributed by atoms with Crippen LogP contribution >= 0.6 is 0 Å². The largest absolute Gasteiger partial charge is 0.374 e. The van der Waals surface area contributed by atoms with Gasteiger partial charge in [0.25, 0.3) is 0 Å². The standard InChI is InChI=1S/C8H14O/c1-2-8-6-4-3-5-7-9-8/h2,8H,1,3-7H2. The van der Waals surface area contributed by atoms with Crippen LogP contribution in [0, 0.1) is 0 Å². The molecule has 0 saturated carbocycles. The highest BCUT2D eigenvalue weighted by molar-refractivity contribution is 4.80. The molecule has 0 aromatic heterocycles. The van der Waals surface area contributed by atoms with Crippen molar-refractivity contribution in [2.24, 2.45) is 0 Å². The van der Waals surface area contributed by atoms with Crippen molar-refractivity contribution in [3.05, 3.63) is 12.7 Å². The lowest BCUT2D eigenvalue weighted by Crippen LogP contribution is -2.06. The molecule has 1 heteroatoms. The van der Waals surface area contributed by atoms with Crippen LogP contribution in [0.4, 0.5) is 0 Å². The summed E-state index contributed by atoms with van der Waals surface area (Å²) in [5, 5.41) is 0. The van der Waals surface area contributed by atoms with E-state index in [4.69, 9.17) is 4.74 Å². The molecule has 1 rings (SSSR count). The fourth-order valence-electron chi connectivity index (χ4n) is 1.13. The summed E-state index contributed by atoms with van der Waals surface area (Å²) in [4.78, 5) is 0. The van der Waals surface area contributed by atoms with E-state index in [1.807, 2.05) is 6.08 Å². The van der Waals surface area contributed by atoms with E-state index >= 15 is 0 Å². The average Bonchev–Trinajstić information content (AvgIpc) is 2.13. The molecular formula is C8H14O. The molecule has 0 bridgehead atoms. The summed E-state index contributed by atoms with van der Waals surface area (Å²) >= 11 is 0. The van der Waals surface area contributed by atoms with Gasteiger partial charge in [-0.3, -0.25) is 0 Å². The van der Waals surface area contributed by atoms with Gasteiger partial charge < -0.3 is 4.74 Å². The first kappa shape index (κ1) is 6.81. The van der Waals surface area contributed by atoms with Crippen molar-refractivity contribution in [3.8, 4) is 0 Å². The molecule has 1 aliphatic heterocycles. The minimum absolute atomic E-state index is 0.340. The number of hydrogen-bond donors (Lipinski definition) is 0. The Morgan fingerprint density at radius 1 is 1.33 bits per heavy atom. The van der Waals surface area contributed by atoms with Crippen LogP contribution in [0.5, 0.6) is 0 Å². The van der Waals surface area contributed by atoms with Crippen molar-refractivity contribution in [1.82, 2.24) is 0 Å². The Balaban J connectivity index is 2.26. The van der Waals surface area contributed by atoms with E-state index in [1.165, 1.54) is 25.7 Å². The van der Waals surface area contributed by atoms with E-state index in [9.17, 15) is 0 Å². The van der Waals surface area contributed by atoms with Gasteiger partial charge in [0.2, 0.25) is 0 Å². The fourth-order valence-corrected chi connectivity index (χ4v) is 1.13. The van der Waals surface area contributed by atoms with Crippen molar-refractivity contribution in [2.75, 3.05) is 6.61 Å². The Kier molecular flexibility index (Phi) is 2.78. The molecule has 1 nitrogen and oxygen atoms in total. The molecule has 0 N–H and O–H groups in total. The maximum Gasteiger partial charge on any atom is 0.0753 e. The quantitative estimate of drug-likeness (QED) is 0.489. The molecule has 1 fully saturated rings. The predicted molar refractivity (Wildman–Crippen MR) is 38.4 cm³/mol. The Bertz CT molecular complexity index is 80.6. The molecule has 1 unspecified atom stereocenters.